The minimum atomic E-state index is -2.87. The Balaban J connectivity index is 1.20. The number of aromatic nitrogens is 5. The summed E-state index contributed by atoms with van der Waals surface area (Å²) in [6, 6.07) is 11.9. The number of aryl methyl sites for hydroxylation is 1. The summed E-state index contributed by atoms with van der Waals surface area (Å²) in [6.45, 7) is 3.94. The van der Waals surface area contributed by atoms with Gasteiger partial charge in [-0.1, -0.05) is 11.2 Å². The van der Waals surface area contributed by atoms with Crippen LogP contribution in [0.25, 0.3) is 23.0 Å². The molecule has 4 heterocycles. The number of anilines is 1. The van der Waals surface area contributed by atoms with E-state index in [1.807, 2.05) is 36.0 Å². The standard InChI is InChI=1S/C25H27F2N7O2/c1-17-14-21(24-30-23(32-36-24)19-5-7-20(8-6-19)35-25(26)27)31-34(17)16-18-4-9-22(29-15-18)28-10-13-33-11-2-3-12-33/h4-9,14-15,25H,2-3,10-13,16H2,1H3,(H,28,29). The fraction of sp³-hybridized carbons (Fsp3) is 0.360. The zero-order valence-electron chi connectivity index (χ0n) is 19.9. The van der Waals surface area contributed by atoms with Crippen LogP contribution in [0.5, 0.6) is 5.75 Å². The SMILES string of the molecule is Cc1cc(-c2nc(-c3ccc(OC(F)F)cc3)no2)nn1Cc1ccc(NCCN2CCCC2)nc1. The quantitative estimate of drug-likeness (QED) is 0.345. The van der Waals surface area contributed by atoms with E-state index >= 15 is 0 Å². The van der Waals surface area contributed by atoms with E-state index in [1.54, 1.807) is 12.1 Å². The number of benzene rings is 1. The van der Waals surface area contributed by atoms with Crippen molar-refractivity contribution < 1.29 is 18.0 Å². The van der Waals surface area contributed by atoms with E-state index in [0.717, 1.165) is 30.2 Å². The smallest absolute Gasteiger partial charge is 0.387 e. The zero-order chi connectivity index (χ0) is 24.9. The number of ether oxygens (including phenoxy) is 1. The van der Waals surface area contributed by atoms with Gasteiger partial charge in [0.25, 0.3) is 5.89 Å². The average molecular weight is 496 g/mol. The number of hydrogen-bond acceptors (Lipinski definition) is 8. The molecule has 0 spiro atoms. The summed E-state index contributed by atoms with van der Waals surface area (Å²) in [6.07, 6.45) is 4.44. The molecule has 1 saturated heterocycles. The Labute approximate surface area is 207 Å². The Morgan fingerprint density at radius 1 is 1.11 bits per heavy atom. The van der Waals surface area contributed by atoms with Gasteiger partial charge in [0.05, 0.1) is 6.54 Å². The van der Waals surface area contributed by atoms with Crippen molar-refractivity contribution in [2.24, 2.45) is 0 Å². The van der Waals surface area contributed by atoms with Gasteiger partial charge in [0.2, 0.25) is 5.82 Å². The van der Waals surface area contributed by atoms with Crippen LogP contribution in [-0.4, -0.2) is 62.6 Å². The predicted octanol–water partition coefficient (Wildman–Crippen LogP) is 4.46. The first-order valence-electron chi connectivity index (χ1n) is 11.9. The van der Waals surface area contributed by atoms with Crippen LogP contribution in [0.1, 0.15) is 24.1 Å². The number of rotatable bonds is 10. The van der Waals surface area contributed by atoms with Crippen molar-refractivity contribution in [1.82, 2.24) is 29.8 Å². The Bertz CT molecular complexity index is 1270. The number of hydrogen-bond donors (Lipinski definition) is 1. The van der Waals surface area contributed by atoms with Gasteiger partial charge in [0.1, 0.15) is 11.6 Å². The molecular weight excluding hydrogens is 468 g/mol. The van der Waals surface area contributed by atoms with Crippen LogP contribution in [0.4, 0.5) is 14.6 Å². The number of likely N-dealkylation sites (tertiary alicyclic amines) is 1. The highest BCUT2D eigenvalue weighted by Crippen LogP contribution is 2.24. The van der Waals surface area contributed by atoms with Crippen molar-refractivity contribution in [1.29, 1.82) is 0 Å². The van der Waals surface area contributed by atoms with Gasteiger partial charge in [-0.05, 0) is 74.8 Å². The normalized spacial score (nSPS) is 14.0. The summed E-state index contributed by atoms with van der Waals surface area (Å²) in [5.74, 6) is 1.53. The topological polar surface area (TPSA) is 94.1 Å². The van der Waals surface area contributed by atoms with Crippen molar-refractivity contribution in [3.8, 4) is 28.7 Å². The largest absolute Gasteiger partial charge is 0.435 e. The third kappa shape index (κ3) is 5.85. The van der Waals surface area contributed by atoms with E-state index in [2.05, 4.69) is 35.2 Å². The van der Waals surface area contributed by atoms with Gasteiger partial charge in [0, 0.05) is 30.5 Å². The van der Waals surface area contributed by atoms with Crippen LogP contribution in [-0.2, 0) is 6.54 Å². The van der Waals surface area contributed by atoms with Crippen molar-refractivity contribution in [3.63, 3.8) is 0 Å². The Morgan fingerprint density at radius 2 is 1.92 bits per heavy atom. The Hall–Kier alpha value is -3.86. The molecule has 0 bridgehead atoms. The van der Waals surface area contributed by atoms with E-state index in [-0.39, 0.29) is 11.6 Å². The molecule has 0 unspecified atom stereocenters. The van der Waals surface area contributed by atoms with Crippen molar-refractivity contribution in [2.75, 3.05) is 31.5 Å². The number of halogens is 2. The van der Waals surface area contributed by atoms with Crippen LogP contribution in [0.15, 0.2) is 53.2 Å². The fourth-order valence-electron chi connectivity index (χ4n) is 4.15. The second-order valence-corrected chi connectivity index (χ2v) is 8.68. The Kier molecular flexibility index (Phi) is 7.17. The lowest BCUT2D eigenvalue weighted by Crippen LogP contribution is -2.26. The van der Waals surface area contributed by atoms with Crippen molar-refractivity contribution in [3.05, 3.63) is 59.9 Å². The fourth-order valence-corrected chi connectivity index (χ4v) is 4.15. The summed E-state index contributed by atoms with van der Waals surface area (Å²) in [5.41, 5.74) is 3.13. The van der Waals surface area contributed by atoms with Crippen LogP contribution in [0, 0.1) is 6.92 Å². The second-order valence-electron chi connectivity index (χ2n) is 8.68. The van der Waals surface area contributed by atoms with Crippen LogP contribution >= 0.6 is 0 Å². The van der Waals surface area contributed by atoms with Gasteiger partial charge in [-0.15, -0.1) is 0 Å². The molecule has 0 amide bonds. The molecule has 36 heavy (non-hydrogen) atoms. The molecule has 1 aliphatic rings. The lowest BCUT2D eigenvalue weighted by atomic mass is 10.2. The van der Waals surface area contributed by atoms with Crippen LogP contribution in [0.2, 0.25) is 0 Å². The molecule has 1 aromatic carbocycles. The minimum Gasteiger partial charge on any atom is -0.435 e. The van der Waals surface area contributed by atoms with Gasteiger partial charge < -0.3 is 19.5 Å². The van der Waals surface area contributed by atoms with E-state index in [0.29, 0.717) is 23.6 Å². The molecule has 0 saturated carbocycles. The molecule has 3 aromatic heterocycles. The first-order valence-corrected chi connectivity index (χ1v) is 11.9. The third-order valence-corrected chi connectivity index (χ3v) is 6.05. The molecule has 1 N–H and O–H groups in total. The molecule has 4 aromatic rings. The molecule has 11 heteroatoms. The van der Waals surface area contributed by atoms with E-state index in [9.17, 15) is 8.78 Å². The van der Waals surface area contributed by atoms with Gasteiger partial charge in [-0.2, -0.15) is 18.9 Å². The first-order chi connectivity index (χ1) is 17.5. The molecule has 9 nitrogen and oxygen atoms in total. The third-order valence-electron chi connectivity index (χ3n) is 6.05. The number of pyridine rings is 1. The second kappa shape index (κ2) is 10.8. The molecular formula is C25H27F2N7O2. The van der Waals surface area contributed by atoms with Crippen LogP contribution in [0.3, 0.4) is 0 Å². The molecule has 0 atom stereocenters. The monoisotopic (exact) mass is 495 g/mol. The van der Waals surface area contributed by atoms with Gasteiger partial charge in [-0.25, -0.2) is 4.98 Å². The summed E-state index contributed by atoms with van der Waals surface area (Å²) >= 11 is 0. The number of nitrogens with one attached hydrogen (secondary N) is 1. The predicted molar refractivity (Wildman–Crippen MR) is 130 cm³/mol. The van der Waals surface area contributed by atoms with Gasteiger partial charge in [0.15, 0.2) is 5.69 Å². The van der Waals surface area contributed by atoms with Crippen molar-refractivity contribution >= 4 is 5.82 Å². The molecule has 5 rings (SSSR count). The van der Waals surface area contributed by atoms with Crippen LogP contribution < -0.4 is 10.1 Å². The highest BCUT2D eigenvalue weighted by molar-refractivity contribution is 5.59. The maximum absolute atomic E-state index is 12.3. The summed E-state index contributed by atoms with van der Waals surface area (Å²) in [5, 5.41) is 12.0. The van der Waals surface area contributed by atoms with Crippen molar-refractivity contribution in [2.45, 2.75) is 32.9 Å². The lowest BCUT2D eigenvalue weighted by molar-refractivity contribution is -0.0498. The summed E-state index contributed by atoms with van der Waals surface area (Å²) in [4.78, 5) is 11.4. The summed E-state index contributed by atoms with van der Waals surface area (Å²) < 4.78 is 36.3. The maximum atomic E-state index is 12.3. The highest BCUT2D eigenvalue weighted by Gasteiger charge is 2.16. The summed E-state index contributed by atoms with van der Waals surface area (Å²) in [7, 11) is 0. The number of nitrogens with zero attached hydrogens (tertiary/aromatic N) is 6. The molecule has 0 radical (unpaired) electrons. The lowest BCUT2D eigenvalue weighted by Gasteiger charge is -2.15. The first kappa shape index (κ1) is 23.9. The van der Waals surface area contributed by atoms with E-state index < -0.39 is 6.61 Å². The van der Waals surface area contributed by atoms with Gasteiger partial charge >= 0.3 is 6.61 Å². The molecule has 1 fully saturated rings. The molecule has 188 valence electrons. The van der Waals surface area contributed by atoms with E-state index in [4.69, 9.17) is 4.52 Å². The molecule has 0 aliphatic carbocycles. The zero-order valence-corrected chi connectivity index (χ0v) is 19.9. The van der Waals surface area contributed by atoms with Gasteiger partial charge in [-0.3, -0.25) is 4.68 Å². The maximum Gasteiger partial charge on any atom is 0.387 e. The average Bonchev–Trinajstić information content (AvgIpc) is 3.63. The number of alkyl halides is 2. The highest BCUT2D eigenvalue weighted by atomic mass is 19.3. The molecule has 1 aliphatic heterocycles. The van der Waals surface area contributed by atoms with E-state index in [1.165, 1.54) is 38.1 Å². The minimum absolute atomic E-state index is 0.0622. The Morgan fingerprint density at radius 3 is 2.64 bits per heavy atom.